The number of hydrogen-bond donors (Lipinski definition) is 4. The van der Waals surface area contributed by atoms with Gasteiger partial charge in [0.1, 0.15) is 30.6 Å². The van der Waals surface area contributed by atoms with Crippen LogP contribution in [0.15, 0.2) is 24.8 Å². The van der Waals surface area contributed by atoms with Crippen LogP contribution in [-0.4, -0.2) is 130 Å². The van der Waals surface area contributed by atoms with E-state index in [1.165, 1.54) is 7.11 Å². The zero-order valence-corrected chi connectivity index (χ0v) is 28.5. The Morgan fingerprint density at radius 2 is 1.31 bits per heavy atom. The van der Waals surface area contributed by atoms with Gasteiger partial charge in [0.15, 0.2) is 0 Å². The van der Waals surface area contributed by atoms with Gasteiger partial charge in [0.2, 0.25) is 17.8 Å². The van der Waals surface area contributed by atoms with Gasteiger partial charge in [0, 0.05) is 57.2 Å². The molecule has 18 heteroatoms. The van der Waals surface area contributed by atoms with Crippen LogP contribution in [0.4, 0.5) is 21.4 Å². The number of piperazine rings is 1. The molecule has 4 heterocycles. The molecule has 3 aromatic rings. The molecule has 266 valence electrons. The maximum Gasteiger partial charge on any atom is 0.407 e. The van der Waals surface area contributed by atoms with Gasteiger partial charge in [-0.15, -0.1) is 0 Å². The Bertz CT molecular complexity index is 1520. The van der Waals surface area contributed by atoms with Gasteiger partial charge in [0.25, 0.3) is 0 Å². The minimum Gasteiger partial charge on any atom is -0.453 e. The number of hydrogen-bond acceptors (Lipinski definition) is 12. The van der Waals surface area contributed by atoms with Crippen molar-refractivity contribution in [3.05, 3.63) is 36.4 Å². The molecule has 18 nitrogen and oxygen atoms in total. The number of methoxy groups -OCH3 is 1. The minimum absolute atomic E-state index is 0.146. The number of alkyl carbamates (subject to hydrolysis) is 2. The predicted molar refractivity (Wildman–Crippen MR) is 179 cm³/mol. The van der Waals surface area contributed by atoms with Gasteiger partial charge in [-0.05, 0) is 19.8 Å². The van der Waals surface area contributed by atoms with Crippen LogP contribution < -0.4 is 20.4 Å². The molecule has 0 unspecified atom stereocenters. The Kier molecular flexibility index (Phi) is 13.5. The number of amides is 4. The van der Waals surface area contributed by atoms with E-state index in [9.17, 15) is 19.2 Å². The molecule has 49 heavy (non-hydrogen) atoms. The summed E-state index contributed by atoms with van der Waals surface area (Å²) in [7, 11) is 1.25. The molecule has 0 bridgehead atoms. The number of nitrogens with zero attached hydrogens (tertiary/aromatic N) is 8. The number of anilines is 2. The topological polar surface area (TPSA) is 207 Å². The quantitative estimate of drug-likeness (QED) is 0.170. The Hall–Kier alpha value is -5.42. The van der Waals surface area contributed by atoms with E-state index in [1.807, 2.05) is 13.8 Å². The Balaban J connectivity index is 1.28. The monoisotopic (exact) mass is 682 g/mol. The molecule has 4 N–H and O–H groups in total. The average molecular weight is 683 g/mol. The summed E-state index contributed by atoms with van der Waals surface area (Å²) in [5.74, 6) is 2.31. The molecular formula is C31H46N12O6. The highest BCUT2D eigenvalue weighted by molar-refractivity contribution is 5.82. The second-order valence-electron chi connectivity index (χ2n) is 11.3. The predicted octanol–water partition coefficient (Wildman–Crippen LogP) is 1.50. The van der Waals surface area contributed by atoms with Crippen molar-refractivity contribution < 1.29 is 28.7 Å². The second kappa shape index (κ2) is 18.2. The Morgan fingerprint density at radius 3 is 1.88 bits per heavy atom. The molecule has 4 amide bonds. The van der Waals surface area contributed by atoms with Gasteiger partial charge in [-0.2, -0.15) is 0 Å². The molecule has 0 atom stereocenters. The zero-order chi connectivity index (χ0) is 35.2. The van der Waals surface area contributed by atoms with Gasteiger partial charge in [0.05, 0.1) is 44.9 Å². The molecule has 1 fully saturated rings. The van der Waals surface area contributed by atoms with E-state index in [0.29, 0.717) is 50.3 Å². The first-order valence-electron chi connectivity index (χ1n) is 16.4. The summed E-state index contributed by atoms with van der Waals surface area (Å²) in [5, 5.41) is 4.90. The highest BCUT2D eigenvalue weighted by atomic mass is 16.5. The zero-order valence-electron chi connectivity index (χ0n) is 28.5. The Morgan fingerprint density at radius 1 is 0.755 bits per heavy atom. The highest BCUT2D eigenvalue weighted by Gasteiger charge is 2.22. The molecule has 0 aromatic carbocycles. The first-order chi connectivity index (χ1) is 23.7. The Labute approximate surface area is 285 Å². The maximum atomic E-state index is 12.7. The first kappa shape index (κ1) is 36.4. The summed E-state index contributed by atoms with van der Waals surface area (Å²) in [6.07, 6.45) is 7.20. The number of aromatic nitrogens is 6. The second-order valence-corrected chi connectivity index (χ2v) is 11.3. The van der Waals surface area contributed by atoms with Crippen molar-refractivity contribution in [1.29, 1.82) is 0 Å². The molecule has 0 aliphatic carbocycles. The number of nitrogens with one attached hydrogen (secondary N) is 4. The number of H-pyrrole nitrogens is 2. The van der Waals surface area contributed by atoms with Gasteiger partial charge in [-0.25, -0.2) is 29.5 Å². The van der Waals surface area contributed by atoms with E-state index >= 15 is 0 Å². The first-order valence-corrected chi connectivity index (χ1v) is 16.4. The molecule has 4 rings (SSSR count). The van der Waals surface area contributed by atoms with Gasteiger partial charge in [-0.3, -0.25) is 9.59 Å². The lowest BCUT2D eigenvalue weighted by atomic mass is 10.2. The van der Waals surface area contributed by atoms with Crippen molar-refractivity contribution in [2.75, 3.05) is 75.9 Å². The standard InChI is InChI=1S/C31H46N12O6/c1-5-8-42(28(45)19-37-31(47)49-7-3)20-24-32-16-23(38-24)22-14-34-29(35-15-22)41-12-10-40(11-13-41)26-17-33-25(39-26)21-43(9-6-2)27(44)18-36-30(46)48-4/h14-17H,5-13,18-21H2,1-4H3,(H,32,38)(H,33,39)(H,36,46)(H,37,47). The van der Waals surface area contributed by atoms with E-state index < -0.39 is 12.2 Å². The summed E-state index contributed by atoms with van der Waals surface area (Å²) >= 11 is 0. The van der Waals surface area contributed by atoms with E-state index in [2.05, 4.69) is 55.1 Å². The molecule has 0 radical (unpaired) electrons. The SMILES string of the molecule is CCCN(Cc1ncc(-c2cnc(N3CCN(c4cnc(CN(CCC)C(=O)CNC(=O)OC)[nH]4)CC3)nc2)[nH]1)C(=O)CNC(=O)OCC. The number of carbonyl (C=O) groups excluding carboxylic acids is 4. The van der Waals surface area contributed by atoms with Gasteiger partial charge in [-0.1, -0.05) is 13.8 Å². The van der Waals surface area contributed by atoms with Crippen molar-refractivity contribution in [1.82, 2.24) is 50.3 Å². The normalized spacial score (nSPS) is 12.7. The lowest BCUT2D eigenvalue weighted by Crippen LogP contribution is -2.47. The molecule has 0 spiro atoms. The van der Waals surface area contributed by atoms with Crippen molar-refractivity contribution >= 4 is 35.8 Å². The third-order valence-corrected chi connectivity index (χ3v) is 7.70. The summed E-state index contributed by atoms with van der Waals surface area (Å²) in [6.45, 7) is 10.1. The van der Waals surface area contributed by atoms with E-state index in [-0.39, 0.29) is 38.1 Å². The maximum absolute atomic E-state index is 12.7. The summed E-state index contributed by atoms with van der Waals surface area (Å²) in [5.41, 5.74) is 1.49. The largest absolute Gasteiger partial charge is 0.453 e. The lowest BCUT2D eigenvalue weighted by molar-refractivity contribution is -0.131. The summed E-state index contributed by atoms with van der Waals surface area (Å²) in [4.78, 5) is 80.6. The van der Waals surface area contributed by atoms with Crippen molar-refractivity contribution in [2.24, 2.45) is 0 Å². The fourth-order valence-electron chi connectivity index (χ4n) is 5.21. The lowest BCUT2D eigenvalue weighted by Gasteiger charge is -2.35. The third kappa shape index (κ3) is 10.5. The number of imidazole rings is 2. The number of rotatable bonds is 16. The van der Waals surface area contributed by atoms with Crippen LogP contribution in [0, 0.1) is 0 Å². The van der Waals surface area contributed by atoms with Crippen LogP contribution in [0.5, 0.6) is 0 Å². The highest BCUT2D eigenvalue weighted by Crippen LogP contribution is 2.20. The van der Waals surface area contributed by atoms with Crippen LogP contribution in [0.2, 0.25) is 0 Å². The third-order valence-electron chi connectivity index (χ3n) is 7.70. The number of carbonyl (C=O) groups is 4. The van der Waals surface area contributed by atoms with Crippen molar-refractivity contribution in [2.45, 2.75) is 46.7 Å². The van der Waals surface area contributed by atoms with Crippen LogP contribution in [-0.2, 0) is 32.2 Å². The van der Waals surface area contributed by atoms with Crippen molar-refractivity contribution in [3.63, 3.8) is 0 Å². The van der Waals surface area contributed by atoms with Gasteiger partial charge < -0.3 is 49.7 Å². The van der Waals surface area contributed by atoms with Crippen LogP contribution in [0.1, 0.15) is 45.3 Å². The molecule has 3 aromatic heterocycles. The number of aromatic amines is 2. The minimum atomic E-state index is -0.651. The average Bonchev–Trinajstić information content (AvgIpc) is 3.79. The fourth-order valence-corrected chi connectivity index (χ4v) is 5.21. The van der Waals surface area contributed by atoms with E-state index in [1.54, 1.807) is 41.5 Å². The summed E-state index contributed by atoms with van der Waals surface area (Å²) in [6, 6.07) is 0. The molecule has 1 saturated heterocycles. The fraction of sp³-hybridized carbons (Fsp3) is 0.548. The molecule has 1 aliphatic heterocycles. The van der Waals surface area contributed by atoms with Crippen LogP contribution in [0.25, 0.3) is 11.3 Å². The molecule has 1 aliphatic rings. The van der Waals surface area contributed by atoms with Crippen molar-refractivity contribution in [3.8, 4) is 11.3 Å². The number of ether oxygens (including phenoxy) is 2. The smallest absolute Gasteiger partial charge is 0.407 e. The summed E-state index contributed by atoms with van der Waals surface area (Å²) < 4.78 is 9.38. The van der Waals surface area contributed by atoms with E-state index in [0.717, 1.165) is 43.0 Å². The van der Waals surface area contributed by atoms with Gasteiger partial charge >= 0.3 is 12.2 Å². The molecular weight excluding hydrogens is 636 g/mol. The van der Waals surface area contributed by atoms with E-state index in [4.69, 9.17) is 4.74 Å². The molecule has 0 saturated carbocycles. The van der Waals surface area contributed by atoms with Crippen LogP contribution >= 0.6 is 0 Å². The van der Waals surface area contributed by atoms with Crippen LogP contribution in [0.3, 0.4) is 0 Å².